The van der Waals surface area contributed by atoms with Crippen LogP contribution in [0.2, 0.25) is 5.02 Å². The lowest BCUT2D eigenvalue weighted by atomic mass is 10.1. The van der Waals surface area contributed by atoms with Crippen LogP contribution in [0.15, 0.2) is 4.47 Å². The summed E-state index contributed by atoms with van der Waals surface area (Å²) in [6.07, 6.45) is 0.0257. The van der Waals surface area contributed by atoms with Gasteiger partial charge < -0.3 is 4.74 Å². The van der Waals surface area contributed by atoms with Crippen molar-refractivity contribution in [3.05, 3.63) is 26.4 Å². The SMILES string of the molecule is Cc1nc(C)c(CC(=O)OC(C)C)c(Cl)c1Br. The number of hydrogen-bond acceptors (Lipinski definition) is 3. The molecule has 1 aromatic rings. The van der Waals surface area contributed by atoms with Crippen molar-refractivity contribution in [2.45, 2.75) is 40.2 Å². The fourth-order valence-corrected chi connectivity index (χ4v) is 2.14. The Kier molecular flexibility index (Phi) is 4.95. The van der Waals surface area contributed by atoms with Gasteiger partial charge in [-0.15, -0.1) is 0 Å². The van der Waals surface area contributed by atoms with Crippen LogP contribution in [-0.2, 0) is 16.0 Å². The summed E-state index contributed by atoms with van der Waals surface area (Å²) in [5.74, 6) is -0.289. The first kappa shape index (κ1) is 14.5. The first-order valence-electron chi connectivity index (χ1n) is 5.33. The molecule has 0 N–H and O–H groups in total. The number of esters is 1. The van der Waals surface area contributed by atoms with E-state index in [1.54, 1.807) is 0 Å². The molecule has 0 saturated carbocycles. The highest BCUT2D eigenvalue weighted by molar-refractivity contribution is 9.10. The summed E-state index contributed by atoms with van der Waals surface area (Å²) in [5, 5.41) is 0.538. The van der Waals surface area contributed by atoms with Crippen molar-refractivity contribution in [1.29, 1.82) is 0 Å². The van der Waals surface area contributed by atoms with Crippen LogP contribution < -0.4 is 0 Å². The molecular weight excluding hydrogens is 305 g/mol. The monoisotopic (exact) mass is 319 g/mol. The van der Waals surface area contributed by atoms with Gasteiger partial charge in [0.15, 0.2) is 0 Å². The first-order chi connectivity index (χ1) is 7.82. The summed E-state index contributed by atoms with van der Waals surface area (Å²) in [4.78, 5) is 15.9. The summed E-state index contributed by atoms with van der Waals surface area (Å²) in [6, 6.07) is 0. The molecule has 0 atom stereocenters. The van der Waals surface area contributed by atoms with E-state index in [9.17, 15) is 4.79 Å². The van der Waals surface area contributed by atoms with E-state index >= 15 is 0 Å². The van der Waals surface area contributed by atoms with Crippen LogP contribution in [0.1, 0.15) is 30.8 Å². The summed E-state index contributed by atoms with van der Waals surface area (Å²) >= 11 is 9.55. The van der Waals surface area contributed by atoms with Gasteiger partial charge >= 0.3 is 5.97 Å². The third kappa shape index (κ3) is 3.68. The Morgan fingerprint density at radius 2 is 2.00 bits per heavy atom. The fourth-order valence-electron chi connectivity index (χ4n) is 1.47. The fraction of sp³-hybridized carbons (Fsp3) is 0.500. The van der Waals surface area contributed by atoms with Crippen LogP contribution in [0.5, 0.6) is 0 Å². The molecule has 1 heterocycles. The lowest BCUT2D eigenvalue weighted by Crippen LogP contribution is -2.15. The standard InChI is InChI=1S/C12H15BrClNO2/c1-6(2)17-10(16)5-9-7(3)15-8(4)11(13)12(9)14/h6H,5H2,1-4H3. The molecule has 5 heteroatoms. The maximum atomic E-state index is 11.6. The predicted molar refractivity (Wildman–Crippen MR) is 71.4 cm³/mol. The van der Waals surface area contributed by atoms with Gasteiger partial charge in [-0.05, 0) is 43.6 Å². The summed E-state index contributed by atoms with van der Waals surface area (Å²) in [5.41, 5.74) is 2.29. The topological polar surface area (TPSA) is 39.2 Å². The molecule has 3 nitrogen and oxygen atoms in total. The number of ether oxygens (including phenoxy) is 1. The first-order valence-corrected chi connectivity index (χ1v) is 6.50. The highest BCUT2D eigenvalue weighted by Crippen LogP contribution is 2.30. The van der Waals surface area contributed by atoms with E-state index in [0.717, 1.165) is 21.4 Å². The molecule has 0 spiro atoms. The Bertz CT molecular complexity index is 447. The number of halogens is 2. The van der Waals surface area contributed by atoms with Crippen LogP contribution in [0.3, 0.4) is 0 Å². The molecule has 17 heavy (non-hydrogen) atoms. The van der Waals surface area contributed by atoms with E-state index in [-0.39, 0.29) is 18.5 Å². The largest absolute Gasteiger partial charge is 0.463 e. The second kappa shape index (κ2) is 5.83. The van der Waals surface area contributed by atoms with Gasteiger partial charge in [0, 0.05) is 11.3 Å². The number of pyridine rings is 1. The van der Waals surface area contributed by atoms with Gasteiger partial charge in [-0.3, -0.25) is 9.78 Å². The highest BCUT2D eigenvalue weighted by atomic mass is 79.9. The molecule has 0 radical (unpaired) electrons. The van der Waals surface area contributed by atoms with E-state index in [4.69, 9.17) is 16.3 Å². The smallest absolute Gasteiger partial charge is 0.310 e. The Labute approximate surface area is 115 Å². The maximum Gasteiger partial charge on any atom is 0.310 e. The Morgan fingerprint density at radius 1 is 1.41 bits per heavy atom. The van der Waals surface area contributed by atoms with Gasteiger partial charge in [-0.2, -0.15) is 0 Å². The van der Waals surface area contributed by atoms with Crippen molar-refractivity contribution in [3.8, 4) is 0 Å². The molecule has 0 fully saturated rings. The van der Waals surface area contributed by atoms with E-state index in [1.807, 2.05) is 27.7 Å². The number of hydrogen-bond donors (Lipinski definition) is 0. The second-order valence-electron chi connectivity index (χ2n) is 4.10. The van der Waals surface area contributed by atoms with E-state index in [1.165, 1.54) is 0 Å². The number of aromatic nitrogens is 1. The molecule has 0 aliphatic carbocycles. The summed E-state index contributed by atoms with van der Waals surface area (Å²) < 4.78 is 5.83. The van der Waals surface area contributed by atoms with Crippen LogP contribution in [0.25, 0.3) is 0 Å². The average molecular weight is 321 g/mol. The Morgan fingerprint density at radius 3 is 2.53 bits per heavy atom. The van der Waals surface area contributed by atoms with Crippen LogP contribution in [0.4, 0.5) is 0 Å². The number of carbonyl (C=O) groups excluding carboxylic acids is 1. The predicted octanol–water partition coefficient (Wildman–Crippen LogP) is 3.61. The second-order valence-corrected chi connectivity index (χ2v) is 5.28. The molecular formula is C12H15BrClNO2. The number of carbonyl (C=O) groups is 1. The zero-order valence-corrected chi connectivity index (χ0v) is 12.6. The number of aryl methyl sites for hydroxylation is 2. The van der Waals surface area contributed by atoms with Gasteiger partial charge in [0.25, 0.3) is 0 Å². The zero-order valence-electron chi connectivity index (χ0n) is 10.3. The van der Waals surface area contributed by atoms with Crippen molar-refractivity contribution in [2.75, 3.05) is 0 Å². The maximum absolute atomic E-state index is 11.6. The van der Waals surface area contributed by atoms with Crippen LogP contribution in [0, 0.1) is 13.8 Å². The van der Waals surface area contributed by atoms with Crippen molar-refractivity contribution in [3.63, 3.8) is 0 Å². The van der Waals surface area contributed by atoms with E-state index in [0.29, 0.717) is 5.02 Å². The third-order valence-electron chi connectivity index (χ3n) is 2.24. The quantitative estimate of drug-likeness (QED) is 0.799. The van der Waals surface area contributed by atoms with Gasteiger partial charge in [-0.1, -0.05) is 11.6 Å². The third-order valence-corrected chi connectivity index (χ3v) is 3.85. The molecule has 94 valence electrons. The lowest BCUT2D eigenvalue weighted by molar-refractivity contribution is -0.146. The average Bonchev–Trinajstić information content (AvgIpc) is 2.20. The van der Waals surface area contributed by atoms with E-state index < -0.39 is 0 Å². The van der Waals surface area contributed by atoms with Gasteiger partial charge in [-0.25, -0.2) is 0 Å². The van der Waals surface area contributed by atoms with Crippen molar-refractivity contribution in [2.24, 2.45) is 0 Å². The van der Waals surface area contributed by atoms with E-state index in [2.05, 4.69) is 20.9 Å². The molecule has 0 unspecified atom stereocenters. The summed E-state index contributed by atoms with van der Waals surface area (Å²) in [6.45, 7) is 7.33. The minimum Gasteiger partial charge on any atom is -0.463 e. The van der Waals surface area contributed by atoms with Gasteiger partial charge in [0.1, 0.15) is 0 Å². The Hall–Kier alpha value is -0.610. The van der Waals surface area contributed by atoms with Crippen LogP contribution >= 0.6 is 27.5 Å². The van der Waals surface area contributed by atoms with Crippen LogP contribution in [-0.4, -0.2) is 17.1 Å². The Balaban J connectivity index is 2.99. The van der Waals surface area contributed by atoms with Gasteiger partial charge in [0.05, 0.1) is 27.7 Å². The molecule has 1 rings (SSSR count). The van der Waals surface area contributed by atoms with Crippen molar-refractivity contribution in [1.82, 2.24) is 4.98 Å². The zero-order chi connectivity index (χ0) is 13.2. The normalized spacial score (nSPS) is 10.8. The molecule has 0 aliphatic rings. The highest BCUT2D eigenvalue weighted by Gasteiger charge is 2.16. The minimum absolute atomic E-state index is 0.122. The molecule has 0 saturated heterocycles. The van der Waals surface area contributed by atoms with Crippen molar-refractivity contribution >= 4 is 33.5 Å². The lowest BCUT2D eigenvalue weighted by Gasteiger charge is -2.12. The molecule has 0 amide bonds. The number of nitrogens with zero attached hydrogens (tertiary/aromatic N) is 1. The summed E-state index contributed by atoms with van der Waals surface area (Å²) in [7, 11) is 0. The molecule has 0 aromatic carbocycles. The van der Waals surface area contributed by atoms with Gasteiger partial charge in [0.2, 0.25) is 0 Å². The number of rotatable bonds is 3. The minimum atomic E-state index is -0.289. The van der Waals surface area contributed by atoms with Crippen molar-refractivity contribution < 1.29 is 9.53 Å². The molecule has 0 bridgehead atoms. The molecule has 0 aliphatic heterocycles. The molecule has 1 aromatic heterocycles.